The summed E-state index contributed by atoms with van der Waals surface area (Å²) in [6.07, 6.45) is 0. The van der Waals surface area contributed by atoms with Crippen molar-refractivity contribution in [3.05, 3.63) is 70.1 Å². The van der Waals surface area contributed by atoms with Crippen LogP contribution in [0.25, 0.3) is 11.0 Å². The highest BCUT2D eigenvalue weighted by Crippen LogP contribution is 2.22. The number of carbonyl (C=O) groups is 2. The summed E-state index contributed by atoms with van der Waals surface area (Å²) < 4.78 is 35.9. The van der Waals surface area contributed by atoms with Crippen molar-refractivity contribution in [3.63, 3.8) is 0 Å². The summed E-state index contributed by atoms with van der Waals surface area (Å²) >= 11 is 0. The standard InChI is InChI=1S/C21H20N2O7S/c1-13-8-9-14(31(27,28)23(2)3)10-16(13)22-20(25)12-29-21(26)19-11-17(24)15-6-4-5-7-18(15)30-19/h4-11H,12H2,1-3H3,(H,22,25). The van der Waals surface area contributed by atoms with Gasteiger partial charge in [-0.3, -0.25) is 9.59 Å². The van der Waals surface area contributed by atoms with Gasteiger partial charge in [-0.05, 0) is 36.8 Å². The van der Waals surface area contributed by atoms with Crippen molar-refractivity contribution in [2.24, 2.45) is 0 Å². The fourth-order valence-corrected chi connectivity index (χ4v) is 3.63. The van der Waals surface area contributed by atoms with Gasteiger partial charge in [0.25, 0.3) is 5.91 Å². The molecule has 162 valence electrons. The molecule has 1 aromatic heterocycles. The molecular formula is C21H20N2O7S. The number of aryl methyl sites for hydroxylation is 1. The van der Waals surface area contributed by atoms with Gasteiger partial charge in [-0.1, -0.05) is 18.2 Å². The Balaban J connectivity index is 1.71. The van der Waals surface area contributed by atoms with E-state index in [1.165, 1.54) is 32.3 Å². The number of hydrogen-bond donors (Lipinski definition) is 1. The lowest BCUT2D eigenvalue weighted by Gasteiger charge is -2.14. The zero-order valence-corrected chi connectivity index (χ0v) is 17.9. The number of sulfonamides is 1. The van der Waals surface area contributed by atoms with E-state index in [2.05, 4.69) is 5.32 Å². The van der Waals surface area contributed by atoms with Crippen molar-refractivity contribution in [1.82, 2.24) is 4.31 Å². The number of hydrogen-bond acceptors (Lipinski definition) is 7. The number of fused-ring (bicyclic) bond motifs is 1. The van der Waals surface area contributed by atoms with Crippen LogP contribution in [-0.4, -0.2) is 45.3 Å². The second kappa shape index (κ2) is 8.70. The van der Waals surface area contributed by atoms with E-state index in [-0.39, 0.29) is 21.9 Å². The summed E-state index contributed by atoms with van der Waals surface area (Å²) in [5, 5.41) is 2.84. The van der Waals surface area contributed by atoms with Crippen LogP contribution < -0.4 is 10.7 Å². The summed E-state index contributed by atoms with van der Waals surface area (Å²) in [6, 6.07) is 11.7. The van der Waals surface area contributed by atoms with E-state index in [1.807, 2.05) is 0 Å². The Morgan fingerprint density at radius 2 is 1.81 bits per heavy atom. The lowest BCUT2D eigenvalue weighted by molar-refractivity contribution is -0.119. The molecule has 0 saturated heterocycles. The molecule has 0 radical (unpaired) electrons. The predicted molar refractivity (Wildman–Crippen MR) is 113 cm³/mol. The van der Waals surface area contributed by atoms with Crippen molar-refractivity contribution in [2.75, 3.05) is 26.0 Å². The van der Waals surface area contributed by atoms with Crippen LogP contribution in [0.2, 0.25) is 0 Å². The maximum atomic E-state index is 12.3. The van der Waals surface area contributed by atoms with Crippen LogP contribution in [0.5, 0.6) is 0 Å². The topological polar surface area (TPSA) is 123 Å². The van der Waals surface area contributed by atoms with Gasteiger partial charge in [-0.2, -0.15) is 0 Å². The highest BCUT2D eigenvalue weighted by Gasteiger charge is 2.19. The van der Waals surface area contributed by atoms with E-state index in [4.69, 9.17) is 9.15 Å². The summed E-state index contributed by atoms with van der Waals surface area (Å²) in [4.78, 5) is 36.5. The quantitative estimate of drug-likeness (QED) is 0.578. The second-order valence-electron chi connectivity index (χ2n) is 6.86. The Kier molecular flexibility index (Phi) is 6.23. The molecule has 0 atom stereocenters. The summed E-state index contributed by atoms with van der Waals surface area (Å²) in [6.45, 7) is 1.04. The molecule has 9 nitrogen and oxygen atoms in total. The number of ether oxygens (including phenoxy) is 1. The van der Waals surface area contributed by atoms with Gasteiger partial charge in [-0.25, -0.2) is 17.5 Å². The van der Waals surface area contributed by atoms with Gasteiger partial charge in [-0.15, -0.1) is 0 Å². The molecule has 10 heteroatoms. The average molecular weight is 444 g/mol. The Hall–Kier alpha value is -3.50. The summed E-state index contributed by atoms with van der Waals surface area (Å²) in [5.74, 6) is -1.98. The molecule has 0 saturated carbocycles. The van der Waals surface area contributed by atoms with E-state index in [0.717, 1.165) is 10.4 Å². The first-order chi connectivity index (χ1) is 14.6. The molecule has 31 heavy (non-hydrogen) atoms. The third-order valence-electron chi connectivity index (χ3n) is 4.43. The monoisotopic (exact) mass is 444 g/mol. The minimum absolute atomic E-state index is 0.00772. The number of para-hydroxylation sites is 1. The molecule has 1 N–H and O–H groups in total. The lowest BCUT2D eigenvalue weighted by atomic mass is 10.2. The molecule has 1 heterocycles. The normalized spacial score (nSPS) is 11.5. The lowest BCUT2D eigenvalue weighted by Crippen LogP contribution is -2.24. The number of carbonyl (C=O) groups excluding carboxylic acids is 2. The van der Waals surface area contributed by atoms with Crippen LogP contribution in [-0.2, 0) is 19.6 Å². The minimum atomic E-state index is -3.68. The Morgan fingerprint density at radius 1 is 1.10 bits per heavy atom. The van der Waals surface area contributed by atoms with E-state index in [1.54, 1.807) is 31.2 Å². The van der Waals surface area contributed by atoms with Crippen molar-refractivity contribution < 1.29 is 27.2 Å². The molecule has 0 fully saturated rings. The molecular weight excluding hydrogens is 424 g/mol. The molecule has 3 aromatic rings. The van der Waals surface area contributed by atoms with Gasteiger partial charge in [0.05, 0.1) is 10.3 Å². The second-order valence-corrected chi connectivity index (χ2v) is 9.01. The highest BCUT2D eigenvalue weighted by atomic mass is 32.2. The van der Waals surface area contributed by atoms with Crippen LogP contribution in [0.15, 0.2) is 62.6 Å². The number of anilines is 1. The number of esters is 1. The molecule has 2 aromatic carbocycles. The number of rotatable bonds is 6. The van der Waals surface area contributed by atoms with Crippen LogP contribution in [0.3, 0.4) is 0 Å². The van der Waals surface area contributed by atoms with E-state index < -0.39 is 33.9 Å². The minimum Gasteiger partial charge on any atom is -0.450 e. The van der Waals surface area contributed by atoms with E-state index >= 15 is 0 Å². The Bertz CT molecular complexity index is 1330. The van der Waals surface area contributed by atoms with Crippen molar-refractivity contribution >= 4 is 38.6 Å². The van der Waals surface area contributed by atoms with Crippen LogP contribution in [0, 0.1) is 6.92 Å². The van der Waals surface area contributed by atoms with Crippen LogP contribution in [0.1, 0.15) is 16.1 Å². The number of nitrogens with one attached hydrogen (secondary N) is 1. The number of amides is 1. The number of benzene rings is 2. The first-order valence-corrected chi connectivity index (χ1v) is 10.6. The van der Waals surface area contributed by atoms with Gasteiger partial charge in [0, 0.05) is 25.8 Å². The molecule has 0 bridgehead atoms. The predicted octanol–water partition coefficient (Wildman–Crippen LogP) is 2.15. The van der Waals surface area contributed by atoms with Gasteiger partial charge in [0.15, 0.2) is 12.0 Å². The van der Waals surface area contributed by atoms with Gasteiger partial charge >= 0.3 is 5.97 Å². The molecule has 0 spiro atoms. The van der Waals surface area contributed by atoms with Gasteiger partial charge in [0.1, 0.15) is 5.58 Å². The summed E-state index contributed by atoms with van der Waals surface area (Å²) in [5.41, 5.74) is 0.702. The SMILES string of the molecule is Cc1ccc(S(=O)(=O)N(C)C)cc1NC(=O)COC(=O)c1cc(=O)c2ccccc2o1. The molecule has 3 rings (SSSR count). The van der Waals surface area contributed by atoms with E-state index in [9.17, 15) is 22.8 Å². The van der Waals surface area contributed by atoms with Gasteiger partial charge in [0.2, 0.25) is 15.8 Å². The smallest absolute Gasteiger partial charge is 0.374 e. The Morgan fingerprint density at radius 3 is 2.52 bits per heavy atom. The third kappa shape index (κ3) is 4.81. The average Bonchev–Trinajstić information content (AvgIpc) is 2.73. The molecule has 0 unspecified atom stereocenters. The van der Waals surface area contributed by atoms with Crippen LogP contribution in [0.4, 0.5) is 5.69 Å². The Labute approximate surface area is 178 Å². The van der Waals surface area contributed by atoms with Gasteiger partial charge < -0.3 is 14.5 Å². The molecule has 0 aliphatic heterocycles. The maximum Gasteiger partial charge on any atom is 0.374 e. The van der Waals surface area contributed by atoms with Crippen molar-refractivity contribution in [3.8, 4) is 0 Å². The third-order valence-corrected chi connectivity index (χ3v) is 6.24. The number of nitrogens with zero attached hydrogens (tertiary/aromatic N) is 1. The van der Waals surface area contributed by atoms with E-state index in [0.29, 0.717) is 10.9 Å². The molecule has 1 amide bonds. The first kappa shape index (κ1) is 22.2. The highest BCUT2D eigenvalue weighted by molar-refractivity contribution is 7.89. The van der Waals surface area contributed by atoms with Crippen molar-refractivity contribution in [1.29, 1.82) is 0 Å². The molecule has 0 aliphatic carbocycles. The zero-order chi connectivity index (χ0) is 22.8. The largest absolute Gasteiger partial charge is 0.450 e. The molecule has 0 aliphatic rings. The van der Waals surface area contributed by atoms with Crippen molar-refractivity contribution in [2.45, 2.75) is 11.8 Å². The zero-order valence-electron chi connectivity index (χ0n) is 17.0. The fraction of sp³-hybridized carbons (Fsp3) is 0.190. The fourth-order valence-electron chi connectivity index (χ4n) is 2.70. The summed E-state index contributed by atoms with van der Waals surface area (Å²) in [7, 11) is -0.879. The van der Waals surface area contributed by atoms with Crippen LogP contribution >= 0.6 is 0 Å². The maximum absolute atomic E-state index is 12.3. The first-order valence-electron chi connectivity index (χ1n) is 9.12.